The topological polar surface area (TPSA) is 88.6 Å². The van der Waals surface area contributed by atoms with E-state index >= 15 is 0 Å². The van der Waals surface area contributed by atoms with Crippen LogP contribution in [0.15, 0.2) is 16.5 Å². The van der Waals surface area contributed by atoms with E-state index in [1.165, 1.54) is 12.1 Å². The van der Waals surface area contributed by atoms with E-state index in [2.05, 4.69) is 5.32 Å². The molecule has 0 radical (unpaired) electrons. The number of amides is 1. The number of rotatable bonds is 2. The second-order valence-corrected chi connectivity index (χ2v) is 4.57. The lowest BCUT2D eigenvalue weighted by Crippen LogP contribution is -2.55. The summed E-state index contributed by atoms with van der Waals surface area (Å²) in [7, 11) is 0. The predicted octanol–water partition coefficient (Wildman–Crippen LogP) is 1.01. The van der Waals surface area contributed by atoms with Crippen LogP contribution in [0.25, 0.3) is 0 Å². The highest BCUT2D eigenvalue weighted by molar-refractivity contribution is 5.91. The second-order valence-electron chi connectivity index (χ2n) is 4.57. The molecule has 2 heterocycles. The number of hydrogen-bond donors (Lipinski definition) is 1. The van der Waals surface area contributed by atoms with Crippen molar-refractivity contribution in [3.05, 3.63) is 28.0 Å². The third-order valence-corrected chi connectivity index (χ3v) is 2.83. The molecule has 1 amide bonds. The molecule has 1 aromatic heterocycles. The molecule has 1 fully saturated rings. The standard InChI is InChI=1S/C11H15N3O4/c1-7-5-13(6-8(2)12-7)11(15)9-3-4-10(18-9)14(16)17/h3-4,7-8,12H,5-6H2,1-2H3. The van der Waals surface area contributed by atoms with Crippen molar-refractivity contribution in [2.24, 2.45) is 0 Å². The Hall–Kier alpha value is -1.89. The molecule has 0 aromatic carbocycles. The number of nitrogens with one attached hydrogen (secondary N) is 1. The fraction of sp³-hybridized carbons (Fsp3) is 0.545. The Kier molecular flexibility index (Phi) is 3.33. The summed E-state index contributed by atoms with van der Waals surface area (Å²) in [4.78, 5) is 23.6. The molecule has 2 atom stereocenters. The van der Waals surface area contributed by atoms with E-state index in [0.717, 1.165) is 0 Å². The minimum Gasteiger partial charge on any atom is -0.395 e. The molecule has 98 valence electrons. The molecule has 0 aliphatic carbocycles. The van der Waals surface area contributed by atoms with Crippen LogP contribution in [-0.4, -0.2) is 40.9 Å². The average Bonchev–Trinajstić information content (AvgIpc) is 2.75. The van der Waals surface area contributed by atoms with Crippen LogP contribution in [0.1, 0.15) is 24.4 Å². The summed E-state index contributed by atoms with van der Waals surface area (Å²) in [5.74, 6) is -0.694. The third kappa shape index (κ3) is 2.51. The van der Waals surface area contributed by atoms with Crippen LogP contribution in [0.4, 0.5) is 5.88 Å². The van der Waals surface area contributed by atoms with E-state index in [-0.39, 0.29) is 23.8 Å². The van der Waals surface area contributed by atoms with E-state index in [1.807, 2.05) is 13.8 Å². The Morgan fingerprint density at radius 1 is 1.44 bits per heavy atom. The number of carbonyl (C=O) groups is 1. The third-order valence-electron chi connectivity index (χ3n) is 2.83. The van der Waals surface area contributed by atoms with Crippen molar-refractivity contribution in [2.75, 3.05) is 13.1 Å². The van der Waals surface area contributed by atoms with Crippen molar-refractivity contribution in [1.82, 2.24) is 10.2 Å². The van der Waals surface area contributed by atoms with Gasteiger partial charge in [0, 0.05) is 25.2 Å². The molecule has 1 aromatic rings. The maximum absolute atomic E-state index is 12.1. The number of hydrogen-bond acceptors (Lipinski definition) is 5. The molecule has 1 aliphatic heterocycles. The summed E-state index contributed by atoms with van der Waals surface area (Å²) >= 11 is 0. The Labute approximate surface area is 104 Å². The maximum Gasteiger partial charge on any atom is 0.433 e. The van der Waals surface area contributed by atoms with Gasteiger partial charge in [0.25, 0.3) is 5.91 Å². The first-order valence-electron chi connectivity index (χ1n) is 5.77. The van der Waals surface area contributed by atoms with Crippen LogP contribution in [0.5, 0.6) is 0 Å². The molecule has 7 nitrogen and oxygen atoms in total. The van der Waals surface area contributed by atoms with Gasteiger partial charge in [0.2, 0.25) is 0 Å². The van der Waals surface area contributed by atoms with Gasteiger partial charge in [-0.25, -0.2) is 0 Å². The molecule has 2 unspecified atom stereocenters. The summed E-state index contributed by atoms with van der Waals surface area (Å²) in [5.41, 5.74) is 0. The number of piperazine rings is 1. The molecular weight excluding hydrogens is 238 g/mol. The van der Waals surface area contributed by atoms with Crippen LogP contribution in [0.2, 0.25) is 0 Å². The fourth-order valence-electron chi connectivity index (χ4n) is 2.19. The molecule has 7 heteroatoms. The van der Waals surface area contributed by atoms with E-state index < -0.39 is 10.8 Å². The van der Waals surface area contributed by atoms with Gasteiger partial charge in [0.1, 0.15) is 4.92 Å². The SMILES string of the molecule is CC1CN(C(=O)c2ccc([N+](=O)[O-])o2)CC(C)N1. The normalized spacial score (nSPS) is 24.0. The molecule has 18 heavy (non-hydrogen) atoms. The van der Waals surface area contributed by atoms with E-state index in [1.54, 1.807) is 4.90 Å². The highest BCUT2D eigenvalue weighted by atomic mass is 16.6. The first kappa shape index (κ1) is 12.6. The summed E-state index contributed by atoms with van der Waals surface area (Å²) in [6.07, 6.45) is 0. The zero-order valence-electron chi connectivity index (χ0n) is 10.3. The predicted molar refractivity (Wildman–Crippen MR) is 63.3 cm³/mol. The smallest absolute Gasteiger partial charge is 0.395 e. The van der Waals surface area contributed by atoms with Crippen molar-refractivity contribution in [3.63, 3.8) is 0 Å². The lowest BCUT2D eigenvalue weighted by molar-refractivity contribution is -0.402. The van der Waals surface area contributed by atoms with Crippen LogP contribution in [0.3, 0.4) is 0 Å². The van der Waals surface area contributed by atoms with Crippen molar-refractivity contribution < 1.29 is 14.1 Å². The largest absolute Gasteiger partial charge is 0.433 e. The lowest BCUT2D eigenvalue weighted by Gasteiger charge is -2.35. The van der Waals surface area contributed by atoms with Gasteiger partial charge in [-0.3, -0.25) is 14.9 Å². The van der Waals surface area contributed by atoms with Gasteiger partial charge in [-0.2, -0.15) is 0 Å². The molecule has 0 spiro atoms. The Bertz CT molecular complexity index is 461. The van der Waals surface area contributed by atoms with Crippen LogP contribution >= 0.6 is 0 Å². The number of nitrogens with zero attached hydrogens (tertiary/aromatic N) is 2. The lowest BCUT2D eigenvalue weighted by atomic mass is 10.1. The first-order chi connectivity index (χ1) is 8.47. The number of carbonyl (C=O) groups excluding carboxylic acids is 1. The van der Waals surface area contributed by atoms with Crippen LogP contribution in [0, 0.1) is 10.1 Å². The monoisotopic (exact) mass is 253 g/mol. The maximum atomic E-state index is 12.1. The zero-order valence-corrected chi connectivity index (χ0v) is 10.3. The fourth-order valence-corrected chi connectivity index (χ4v) is 2.19. The number of nitro groups is 1. The van der Waals surface area contributed by atoms with E-state index in [0.29, 0.717) is 13.1 Å². The molecule has 1 saturated heterocycles. The quantitative estimate of drug-likeness (QED) is 0.627. The van der Waals surface area contributed by atoms with Crippen molar-refractivity contribution in [3.8, 4) is 0 Å². The molecule has 2 rings (SSSR count). The highest BCUT2D eigenvalue weighted by Gasteiger charge is 2.28. The Morgan fingerprint density at radius 3 is 2.56 bits per heavy atom. The second kappa shape index (κ2) is 4.77. The number of furan rings is 1. The minimum atomic E-state index is -0.653. The van der Waals surface area contributed by atoms with Gasteiger partial charge in [0.05, 0.1) is 6.07 Å². The van der Waals surface area contributed by atoms with Gasteiger partial charge in [-0.15, -0.1) is 0 Å². The highest BCUT2D eigenvalue weighted by Crippen LogP contribution is 2.18. The van der Waals surface area contributed by atoms with Crippen molar-refractivity contribution in [1.29, 1.82) is 0 Å². The molecule has 1 N–H and O–H groups in total. The van der Waals surface area contributed by atoms with Gasteiger partial charge in [-0.1, -0.05) is 0 Å². The molecule has 0 bridgehead atoms. The van der Waals surface area contributed by atoms with Gasteiger partial charge < -0.3 is 14.6 Å². The zero-order chi connectivity index (χ0) is 13.3. The van der Waals surface area contributed by atoms with Crippen molar-refractivity contribution in [2.45, 2.75) is 25.9 Å². The molecular formula is C11H15N3O4. The van der Waals surface area contributed by atoms with Crippen LogP contribution in [-0.2, 0) is 0 Å². The van der Waals surface area contributed by atoms with Crippen LogP contribution < -0.4 is 5.32 Å². The van der Waals surface area contributed by atoms with Gasteiger partial charge >= 0.3 is 5.88 Å². The molecule has 0 saturated carbocycles. The summed E-state index contributed by atoms with van der Waals surface area (Å²) in [6, 6.07) is 2.94. The first-order valence-corrected chi connectivity index (χ1v) is 5.77. The minimum absolute atomic E-state index is 0.0167. The summed E-state index contributed by atoms with van der Waals surface area (Å²) in [6.45, 7) is 5.11. The molecule has 1 aliphatic rings. The Balaban J connectivity index is 2.12. The van der Waals surface area contributed by atoms with Gasteiger partial charge in [0.15, 0.2) is 5.76 Å². The Morgan fingerprint density at radius 2 is 2.06 bits per heavy atom. The summed E-state index contributed by atoms with van der Waals surface area (Å²) in [5, 5.41) is 13.8. The van der Waals surface area contributed by atoms with Gasteiger partial charge in [-0.05, 0) is 19.9 Å². The van der Waals surface area contributed by atoms with E-state index in [4.69, 9.17) is 4.42 Å². The summed E-state index contributed by atoms with van der Waals surface area (Å²) < 4.78 is 4.92. The van der Waals surface area contributed by atoms with Crippen molar-refractivity contribution >= 4 is 11.8 Å². The van der Waals surface area contributed by atoms with E-state index in [9.17, 15) is 14.9 Å². The average molecular weight is 253 g/mol.